The second-order valence-corrected chi connectivity index (χ2v) is 5.46. The topological polar surface area (TPSA) is 67.1 Å². The Bertz CT molecular complexity index is 508. The first kappa shape index (κ1) is 20.0. The lowest BCUT2D eigenvalue weighted by Crippen LogP contribution is -2.45. The summed E-state index contributed by atoms with van der Waals surface area (Å²) in [5.41, 5.74) is 0. The number of halogens is 4. The minimum absolute atomic E-state index is 0. The predicted octanol–water partition coefficient (Wildman–Crippen LogP) is 2.22. The van der Waals surface area contributed by atoms with Gasteiger partial charge in [-0.05, 0) is 25.7 Å². The molecule has 23 heavy (non-hydrogen) atoms. The van der Waals surface area contributed by atoms with Gasteiger partial charge in [-0.2, -0.15) is 18.3 Å². The number of nitrogens with zero attached hydrogens (tertiary/aromatic N) is 4. The predicted molar refractivity (Wildman–Crippen MR) is 91.6 cm³/mol. The molecule has 1 aromatic rings. The van der Waals surface area contributed by atoms with E-state index in [0.717, 1.165) is 5.82 Å². The van der Waals surface area contributed by atoms with E-state index in [1.165, 1.54) is 6.33 Å². The summed E-state index contributed by atoms with van der Waals surface area (Å²) in [6.07, 6.45) is -1.28. The third kappa shape index (κ3) is 5.81. The molecule has 0 radical (unpaired) electrons. The van der Waals surface area contributed by atoms with Crippen LogP contribution in [0.5, 0.6) is 0 Å². The van der Waals surface area contributed by atoms with E-state index in [1.807, 2.05) is 0 Å². The summed E-state index contributed by atoms with van der Waals surface area (Å²) < 4.78 is 39.6. The van der Waals surface area contributed by atoms with Crippen LogP contribution in [0.4, 0.5) is 13.2 Å². The molecule has 0 unspecified atom stereocenters. The number of aromatic nitrogens is 3. The third-order valence-electron chi connectivity index (χ3n) is 3.97. The van der Waals surface area contributed by atoms with Gasteiger partial charge in [0.1, 0.15) is 12.2 Å². The van der Waals surface area contributed by atoms with Crippen LogP contribution in [0.3, 0.4) is 0 Å². The second kappa shape index (κ2) is 8.69. The Balaban J connectivity index is 0.00000264. The van der Waals surface area contributed by atoms with Crippen molar-refractivity contribution in [3.63, 3.8) is 0 Å². The van der Waals surface area contributed by atoms with E-state index in [1.54, 1.807) is 18.8 Å². The Hall–Kier alpha value is -1.07. The molecule has 10 heteroatoms. The Labute approximate surface area is 150 Å². The molecule has 0 spiro atoms. The van der Waals surface area contributed by atoms with Crippen LogP contribution in [0, 0.1) is 5.92 Å². The number of hydrogen-bond acceptors (Lipinski definition) is 3. The van der Waals surface area contributed by atoms with Gasteiger partial charge in [-0.15, -0.1) is 24.0 Å². The highest BCUT2D eigenvalue weighted by atomic mass is 127. The molecule has 1 heterocycles. The lowest BCUT2D eigenvalue weighted by atomic mass is 9.85. The fourth-order valence-corrected chi connectivity index (χ4v) is 2.60. The summed E-state index contributed by atoms with van der Waals surface area (Å²) >= 11 is 0. The van der Waals surface area contributed by atoms with E-state index in [-0.39, 0.29) is 42.9 Å². The van der Waals surface area contributed by atoms with Gasteiger partial charge in [0.05, 0.1) is 12.5 Å². The van der Waals surface area contributed by atoms with Gasteiger partial charge in [-0.1, -0.05) is 0 Å². The van der Waals surface area contributed by atoms with Crippen molar-refractivity contribution in [1.82, 2.24) is 25.4 Å². The Morgan fingerprint density at radius 3 is 2.48 bits per heavy atom. The van der Waals surface area contributed by atoms with Crippen molar-refractivity contribution < 1.29 is 13.2 Å². The van der Waals surface area contributed by atoms with Gasteiger partial charge in [0.15, 0.2) is 5.96 Å². The van der Waals surface area contributed by atoms with E-state index in [9.17, 15) is 13.2 Å². The molecule has 1 saturated carbocycles. The molecule has 1 aliphatic rings. The minimum atomic E-state index is -4.07. The maximum absolute atomic E-state index is 12.6. The quantitative estimate of drug-likeness (QED) is 0.425. The summed E-state index contributed by atoms with van der Waals surface area (Å²) in [5.74, 6) is 0.154. The normalized spacial score (nSPS) is 22.4. The summed E-state index contributed by atoms with van der Waals surface area (Å²) in [4.78, 5) is 8.18. The zero-order valence-corrected chi connectivity index (χ0v) is 15.4. The largest absolute Gasteiger partial charge is 0.391 e. The standard InChI is InChI=1S/C13H21F3N6.HI/c1-17-12(18-7-11-19-8-20-22(11)2)21-10-5-3-9(4-6-10)13(14,15)16;/h8-10H,3-7H2,1-2H3,(H2,17,18,21);1H. The number of guanidine groups is 1. The fraction of sp³-hybridized carbons (Fsp3) is 0.769. The molecule has 132 valence electrons. The molecule has 0 bridgehead atoms. The van der Waals surface area contributed by atoms with Crippen LogP contribution in [0.1, 0.15) is 31.5 Å². The van der Waals surface area contributed by atoms with E-state index in [2.05, 4.69) is 25.7 Å². The molecule has 0 aliphatic heterocycles. The van der Waals surface area contributed by atoms with Crippen molar-refractivity contribution in [3.8, 4) is 0 Å². The zero-order valence-electron chi connectivity index (χ0n) is 13.1. The maximum atomic E-state index is 12.6. The second-order valence-electron chi connectivity index (χ2n) is 5.46. The number of aliphatic imine (C=N–C) groups is 1. The Morgan fingerprint density at radius 1 is 1.35 bits per heavy atom. The molecule has 1 fully saturated rings. The minimum Gasteiger partial charge on any atom is -0.354 e. The van der Waals surface area contributed by atoms with Crippen molar-refractivity contribution in [1.29, 1.82) is 0 Å². The summed E-state index contributed by atoms with van der Waals surface area (Å²) in [5, 5.41) is 10.2. The smallest absolute Gasteiger partial charge is 0.354 e. The van der Waals surface area contributed by atoms with E-state index in [4.69, 9.17) is 0 Å². The zero-order chi connectivity index (χ0) is 16.2. The van der Waals surface area contributed by atoms with Crippen molar-refractivity contribution in [2.45, 2.75) is 44.4 Å². The number of rotatable bonds is 3. The van der Waals surface area contributed by atoms with Crippen LogP contribution in [0.25, 0.3) is 0 Å². The van der Waals surface area contributed by atoms with Crippen molar-refractivity contribution in [2.75, 3.05) is 7.05 Å². The highest BCUT2D eigenvalue weighted by Crippen LogP contribution is 2.37. The molecule has 2 rings (SSSR count). The number of hydrogen-bond donors (Lipinski definition) is 2. The molecule has 1 aliphatic carbocycles. The first-order valence-corrected chi connectivity index (χ1v) is 7.27. The molecule has 0 amide bonds. The Kier molecular flexibility index (Phi) is 7.55. The van der Waals surface area contributed by atoms with E-state index < -0.39 is 12.1 Å². The fourth-order valence-electron chi connectivity index (χ4n) is 2.60. The third-order valence-corrected chi connectivity index (χ3v) is 3.97. The van der Waals surface area contributed by atoms with Gasteiger partial charge in [-0.25, -0.2) is 4.98 Å². The number of alkyl halides is 3. The highest BCUT2D eigenvalue weighted by Gasteiger charge is 2.41. The van der Waals surface area contributed by atoms with Crippen molar-refractivity contribution >= 4 is 29.9 Å². The molecule has 0 atom stereocenters. The first-order chi connectivity index (χ1) is 10.4. The van der Waals surface area contributed by atoms with Crippen LogP contribution in [0.15, 0.2) is 11.3 Å². The van der Waals surface area contributed by atoms with E-state index >= 15 is 0 Å². The van der Waals surface area contributed by atoms with Crippen molar-refractivity contribution in [2.24, 2.45) is 18.0 Å². The van der Waals surface area contributed by atoms with Gasteiger partial charge < -0.3 is 10.6 Å². The molecule has 0 saturated heterocycles. The van der Waals surface area contributed by atoms with Crippen LogP contribution in [0.2, 0.25) is 0 Å². The molecule has 2 N–H and O–H groups in total. The van der Waals surface area contributed by atoms with Crippen LogP contribution in [-0.2, 0) is 13.6 Å². The molecule has 1 aromatic heterocycles. The Morgan fingerprint density at radius 2 is 2.00 bits per heavy atom. The van der Waals surface area contributed by atoms with Crippen LogP contribution in [-0.4, -0.2) is 40.0 Å². The van der Waals surface area contributed by atoms with Crippen LogP contribution < -0.4 is 10.6 Å². The molecular formula is C13H22F3IN6. The van der Waals surface area contributed by atoms with Gasteiger partial charge in [-0.3, -0.25) is 9.67 Å². The van der Waals surface area contributed by atoms with E-state index in [0.29, 0.717) is 25.3 Å². The average molecular weight is 446 g/mol. The molecule has 0 aromatic carbocycles. The average Bonchev–Trinajstić information content (AvgIpc) is 2.88. The maximum Gasteiger partial charge on any atom is 0.391 e. The van der Waals surface area contributed by atoms with Gasteiger partial charge in [0.2, 0.25) is 0 Å². The van der Waals surface area contributed by atoms with Crippen LogP contribution >= 0.6 is 24.0 Å². The highest BCUT2D eigenvalue weighted by molar-refractivity contribution is 14.0. The van der Waals surface area contributed by atoms with Gasteiger partial charge in [0.25, 0.3) is 0 Å². The van der Waals surface area contributed by atoms with Crippen molar-refractivity contribution in [3.05, 3.63) is 12.2 Å². The lowest BCUT2D eigenvalue weighted by Gasteiger charge is -2.31. The molecule has 6 nitrogen and oxygen atoms in total. The monoisotopic (exact) mass is 446 g/mol. The first-order valence-electron chi connectivity index (χ1n) is 7.27. The van der Waals surface area contributed by atoms with Gasteiger partial charge >= 0.3 is 6.18 Å². The summed E-state index contributed by atoms with van der Waals surface area (Å²) in [7, 11) is 3.42. The summed E-state index contributed by atoms with van der Waals surface area (Å²) in [6.45, 7) is 0.452. The lowest BCUT2D eigenvalue weighted by molar-refractivity contribution is -0.182. The van der Waals surface area contributed by atoms with Gasteiger partial charge in [0, 0.05) is 20.1 Å². The SMILES string of the molecule is CN=C(NCc1ncnn1C)NC1CCC(C(F)(F)F)CC1.I. The number of aryl methyl sites for hydroxylation is 1. The summed E-state index contributed by atoms with van der Waals surface area (Å²) in [6, 6.07) is 0.0179. The molecular weight excluding hydrogens is 424 g/mol. The number of nitrogens with one attached hydrogen (secondary N) is 2.